The van der Waals surface area contributed by atoms with Gasteiger partial charge in [0.15, 0.2) is 6.10 Å². The molecule has 464 valence electrons. The zero-order chi connectivity index (χ0) is 59.9. The Hall–Kier alpha value is -5.49. The van der Waals surface area contributed by atoms with Gasteiger partial charge in [-0.15, -0.1) is 0 Å². The van der Waals surface area contributed by atoms with E-state index in [1.807, 2.05) is 0 Å². The predicted molar refractivity (Wildman–Crippen MR) is 361 cm³/mol. The van der Waals surface area contributed by atoms with Gasteiger partial charge in [0.1, 0.15) is 13.2 Å². The van der Waals surface area contributed by atoms with Crippen LogP contribution in [0.15, 0.2) is 182 Å². The second kappa shape index (κ2) is 69.0. The Labute approximate surface area is 510 Å². The van der Waals surface area contributed by atoms with Gasteiger partial charge in [-0.05, 0) is 148 Å². The van der Waals surface area contributed by atoms with Crippen molar-refractivity contribution in [1.29, 1.82) is 0 Å². The number of esters is 3. The molecule has 0 aliphatic heterocycles. The van der Waals surface area contributed by atoms with Crippen LogP contribution in [0.4, 0.5) is 0 Å². The quantitative estimate of drug-likeness (QED) is 0.0261. The summed E-state index contributed by atoms with van der Waals surface area (Å²) in [5, 5.41) is 0. The number of ether oxygens (including phenoxy) is 3. The molecule has 0 spiro atoms. The van der Waals surface area contributed by atoms with Gasteiger partial charge in [-0.25, -0.2) is 0 Å². The van der Waals surface area contributed by atoms with Crippen LogP contribution < -0.4 is 0 Å². The third kappa shape index (κ3) is 67.2. The number of rotatable bonds is 58. The summed E-state index contributed by atoms with van der Waals surface area (Å²) in [6, 6.07) is 0. The Bertz CT molecular complexity index is 1940. The number of allylic oxidation sites excluding steroid dienone is 30. The predicted octanol–water partition coefficient (Wildman–Crippen LogP) is 23.2. The van der Waals surface area contributed by atoms with Crippen LogP contribution >= 0.6 is 0 Å². The van der Waals surface area contributed by atoms with Gasteiger partial charge in [0.05, 0.1) is 0 Å². The van der Waals surface area contributed by atoms with Gasteiger partial charge in [0, 0.05) is 19.3 Å². The molecule has 0 amide bonds. The highest BCUT2D eigenvalue weighted by atomic mass is 16.6. The van der Waals surface area contributed by atoms with E-state index in [2.05, 4.69) is 203 Å². The van der Waals surface area contributed by atoms with Crippen molar-refractivity contribution in [3.8, 4) is 0 Å². The number of unbranched alkanes of at least 4 members (excludes halogenated alkanes) is 17. The molecule has 6 nitrogen and oxygen atoms in total. The molecule has 0 rings (SSSR count). The molecule has 0 heterocycles. The average molecular weight is 1140 g/mol. The Kier molecular flexibility index (Phi) is 64.4. The molecular weight excluding hydrogens is 1020 g/mol. The standard InChI is InChI=1S/C77H120O6/c1-4-7-10-13-16-19-22-25-28-30-31-32-33-34-35-36-37-38-39-40-41-42-43-44-45-47-49-52-55-58-61-64-67-70-76(79)82-73-74(72-81-75(78)69-66-63-60-57-54-51-48-27-24-21-18-15-12-9-6-3)83-77(80)71-68-65-62-59-56-53-50-46-29-26-23-20-17-14-11-8-5-2/h7-12,16-21,25-29,31-32,34-35,37-38,48,50,53-54,57,59,62,74H,4-6,13-15,22-24,30,33,36,39-47,49,51-52,55-56,58,60-61,63-73H2,1-3H3/b10-7-,11-8-,12-9-,19-16-,20-17-,21-18-,28-25-,29-26-,32-31-,35-34-,38-37-,48-27-,53-50-,57-54-,62-59-. The first kappa shape index (κ1) is 77.5. The fraction of sp³-hybridized carbons (Fsp3) is 0.571. The molecule has 0 aliphatic rings. The minimum atomic E-state index is -0.835. The van der Waals surface area contributed by atoms with Crippen molar-refractivity contribution < 1.29 is 28.6 Å². The van der Waals surface area contributed by atoms with Gasteiger partial charge in [-0.2, -0.15) is 0 Å². The summed E-state index contributed by atoms with van der Waals surface area (Å²) in [6.07, 6.45) is 104. The lowest BCUT2D eigenvalue weighted by Crippen LogP contribution is -2.30. The van der Waals surface area contributed by atoms with E-state index in [1.165, 1.54) is 77.0 Å². The van der Waals surface area contributed by atoms with Crippen LogP contribution in [0.3, 0.4) is 0 Å². The van der Waals surface area contributed by atoms with E-state index in [1.54, 1.807) is 0 Å². The van der Waals surface area contributed by atoms with Crippen molar-refractivity contribution in [2.75, 3.05) is 13.2 Å². The molecule has 83 heavy (non-hydrogen) atoms. The van der Waals surface area contributed by atoms with Crippen LogP contribution in [0, 0.1) is 0 Å². The first-order valence-corrected chi connectivity index (χ1v) is 33.3. The Morgan fingerprint density at radius 1 is 0.241 bits per heavy atom. The normalized spacial score (nSPS) is 13.3. The fourth-order valence-corrected chi connectivity index (χ4v) is 8.53. The zero-order valence-corrected chi connectivity index (χ0v) is 53.1. The molecule has 0 aliphatic carbocycles. The lowest BCUT2D eigenvalue weighted by Gasteiger charge is -2.18. The van der Waals surface area contributed by atoms with Crippen LogP contribution in [0.25, 0.3) is 0 Å². The minimum absolute atomic E-state index is 0.122. The van der Waals surface area contributed by atoms with Crippen LogP contribution in [0.5, 0.6) is 0 Å². The smallest absolute Gasteiger partial charge is 0.306 e. The maximum atomic E-state index is 12.9. The van der Waals surface area contributed by atoms with Crippen LogP contribution in [0.1, 0.15) is 265 Å². The highest BCUT2D eigenvalue weighted by Crippen LogP contribution is 2.15. The third-order valence-electron chi connectivity index (χ3n) is 13.4. The minimum Gasteiger partial charge on any atom is -0.462 e. The van der Waals surface area contributed by atoms with Crippen molar-refractivity contribution in [2.24, 2.45) is 0 Å². The van der Waals surface area contributed by atoms with Gasteiger partial charge < -0.3 is 14.2 Å². The molecule has 0 aromatic carbocycles. The largest absolute Gasteiger partial charge is 0.462 e. The Morgan fingerprint density at radius 3 is 0.735 bits per heavy atom. The highest BCUT2D eigenvalue weighted by Gasteiger charge is 2.19. The van der Waals surface area contributed by atoms with E-state index in [0.717, 1.165) is 135 Å². The molecule has 1 atom stereocenters. The molecule has 6 heteroatoms. The summed E-state index contributed by atoms with van der Waals surface area (Å²) in [5.74, 6) is -1.03. The maximum absolute atomic E-state index is 12.9. The summed E-state index contributed by atoms with van der Waals surface area (Å²) in [5.41, 5.74) is 0. The molecule has 0 N–H and O–H groups in total. The Balaban J connectivity index is 4.35. The monoisotopic (exact) mass is 1140 g/mol. The van der Waals surface area contributed by atoms with Gasteiger partial charge in [0.2, 0.25) is 0 Å². The van der Waals surface area contributed by atoms with E-state index in [4.69, 9.17) is 14.2 Å². The second-order valence-corrected chi connectivity index (χ2v) is 21.2. The lowest BCUT2D eigenvalue weighted by molar-refractivity contribution is -0.167. The zero-order valence-electron chi connectivity index (χ0n) is 53.1. The fourth-order valence-electron chi connectivity index (χ4n) is 8.53. The second-order valence-electron chi connectivity index (χ2n) is 21.2. The van der Waals surface area contributed by atoms with E-state index < -0.39 is 6.10 Å². The molecule has 0 saturated carbocycles. The molecule has 1 unspecified atom stereocenters. The number of hydrogen-bond donors (Lipinski definition) is 0. The summed E-state index contributed by atoms with van der Waals surface area (Å²) in [6.45, 7) is 6.21. The van der Waals surface area contributed by atoms with Crippen LogP contribution in [0.2, 0.25) is 0 Å². The first-order chi connectivity index (χ1) is 41.0. The van der Waals surface area contributed by atoms with Gasteiger partial charge in [-0.1, -0.05) is 280 Å². The number of carbonyl (C=O) groups is 3. The average Bonchev–Trinajstić information content (AvgIpc) is 3.49. The molecule has 0 saturated heterocycles. The van der Waals surface area contributed by atoms with E-state index in [0.29, 0.717) is 19.3 Å². The van der Waals surface area contributed by atoms with Crippen LogP contribution in [-0.2, 0) is 28.6 Å². The van der Waals surface area contributed by atoms with Crippen molar-refractivity contribution in [2.45, 2.75) is 271 Å². The number of hydrogen-bond acceptors (Lipinski definition) is 6. The van der Waals surface area contributed by atoms with E-state index in [9.17, 15) is 14.4 Å². The van der Waals surface area contributed by atoms with Crippen molar-refractivity contribution >= 4 is 17.9 Å². The third-order valence-corrected chi connectivity index (χ3v) is 13.4. The van der Waals surface area contributed by atoms with Gasteiger partial charge >= 0.3 is 17.9 Å². The summed E-state index contributed by atoms with van der Waals surface area (Å²) in [7, 11) is 0. The topological polar surface area (TPSA) is 78.9 Å². The Morgan fingerprint density at radius 2 is 0.446 bits per heavy atom. The summed E-state index contributed by atoms with van der Waals surface area (Å²) >= 11 is 0. The van der Waals surface area contributed by atoms with Gasteiger partial charge in [-0.3, -0.25) is 14.4 Å². The molecule has 0 aromatic heterocycles. The van der Waals surface area contributed by atoms with Crippen molar-refractivity contribution in [3.63, 3.8) is 0 Å². The maximum Gasteiger partial charge on any atom is 0.306 e. The number of carbonyl (C=O) groups excluding carboxylic acids is 3. The molecule has 0 bridgehead atoms. The first-order valence-electron chi connectivity index (χ1n) is 33.3. The molecule has 0 aromatic rings. The lowest BCUT2D eigenvalue weighted by atomic mass is 10.0. The van der Waals surface area contributed by atoms with Crippen molar-refractivity contribution in [3.05, 3.63) is 182 Å². The van der Waals surface area contributed by atoms with Crippen molar-refractivity contribution in [1.82, 2.24) is 0 Å². The van der Waals surface area contributed by atoms with Gasteiger partial charge in [0.25, 0.3) is 0 Å². The highest BCUT2D eigenvalue weighted by molar-refractivity contribution is 5.71. The SMILES string of the molecule is CC/C=C\C/C=C\C/C=C\C/C=C\C/C=C\C/C=C\CCCCCCCCCCCCCCCCC(=O)OCC(COC(=O)CCCC/C=C\C/C=C\C/C=C\C/C=C\CC)OC(=O)CCC/C=C\C/C=C\C/C=C\C/C=C\C/C=C\CC. The van der Waals surface area contributed by atoms with E-state index >= 15 is 0 Å². The van der Waals surface area contributed by atoms with E-state index in [-0.39, 0.29) is 44.0 Å². The van der Waals surface area contributed by atoms with Crippen LogP contribution in [-0.4, -0.2) is 37.2 Å². The summed E-state index contributed by atoms with van der Waals surface area (Å²) in [4.78, 5) is 38.3. The molecule has 0 fully saturated rings. The summed E-state index contributed by atoms with van der Waals surface area (Å²) < 4.78 is 16.8. The molecule has 0 radical (unpaired) electrons. The molecular formula is C77H120O6.